The van der Waals surface area contributed by atoms with Gasteiger partial charge in [0.05, 0.1) is 0 Å². The fraction of sp³-hybridized carbons (Fsp3) is 0.333. The molecule has 0 atom stereocenters. The summed E-state index contributed by atoms with van der Waals surface area (Å²) in [6, 6.07) is 8.52. The van der Waals surface area contributed by atoms with Crippen LogP contribution in [0.25, 0.3) is 10.9 Å². The molecule has 0 amide bonds. The van der Waals surface area contributed by atoms with E-state index in [4.69, 9.17) is 0 Å². The maximum atomic E-state index is 4.41. The molecule has 2 heteroatoms. The third-order valence-corrected chi connectivity index (χ3v) is 3.51. The second-order valence-electron chi connectivity index (χ2n) is 4.29. The number of nitrogens with one attached hydrogen (secondary N) is 1. The average Bonchev–Trinajstić information content (AvgIpc) is 2.64. The van der Waals surface area contributed by atoms with E-state index in [-0.39, 0.29) is 5.41 Å². The average molecular weight is 205 g/mol. The number of thiol groups is 1. The molecule has 0 aliphatic rings. The Kier molecular flexibility index (Phi) is 2.31. The molecule has 14 heavy (non-hydrogen) atoms. The molecule has 0 aliphatic carbocycles. The molecule has 0 radical (unpaired) electrons. The third-order valence-electron chi connectivity index (χ3n) is 2.72. The highest BCUT2D eigenvalue weighted by Crippen LogP contribution is 2.30. The van der Waals surface area contributed by atoms with Crippen molar-refractivity contribution in [1.82, 2.24) is 4.98 Å². The first-order chi connectivity index (χ1) is 6.65. The van der Waals surface area contributed by atoms with Crippen molar-refractivity contribution in [2.45, 2.75) is 19.3 Å². The first kappa shape index (κ1) is 9.66. The van der Waals surface area contributed by atoms with E-state index >= 15 is 0 Å². The van der Waals surface area contributed by atoms with Crippen molar-refractivity contribution in [2.75, 3.05) is 5.75 Å². The van der Waals surface area contributed by atoms with E-state index in [1.54, 1.807) is 0 Å². The highest BCUT2D eigenvalue weighted by Gasteiger charge is 2.20. The molecular weight excluding hydrogens is 190 g/mol. The fourth-order valence-corrected chi connectivity index (χ4v) is 1.93. The number of rotatable bonds is 2. The molecule has 74 valence electrons. The molecule has 0 spiro atoms. The molecule has 2 rings (SSSR count). The van der Waals surface area contributed by atoms with E-state index in [0.29, 0.717) is 0 Å². The van der Waals surface area contributed by atoms with E-state index < -0.39 is 0 Å². The Labute approximate surface area is 89.9 Å². The smallest absolute Gasteiger partial charge is 0.0456 e. The number of hydrogen-bond acceptors (Lipinski definition) is 1. The lowest BCUT2D eigenvalue weighted by atomic mass is 9.85. The molecule has 0 saturated heterocycles. The van der Waals surface area contributed by atoms with Gasteiger partial charge in [0, 0.05) is 17.1 Å². The van der Waals surface area contributed by atoms with Gasteiger partial charge in [0.1, 0.15) is 0 Å². The lowest BCUT2D eigenvalue weighted by Gasteiger charge is -2.23. The van der Waals surface area contributed by atoms with Crippen LogP contribution in [0.5, 0.6) is 0 Å². The van der Waals surface area contributed by atoms with E-state index in [1.165, 1.54) is 16.5 Å². The first-order valence-corrected chi connectivity index (χ1v) is 5.46. The molecule has 1 aromatic carbocycles. The van der Waals surface area contributed by atoms with Crippen molar-refractivity contribution in [3.63, 3.8) is 0 Å². The number of fused-ring (bicyclic) bond motifs is 1. The second-order valence-corrected chi connectivity index (χ2v) is 4.60. The van der Waals surface area contributed by atoms with Crippen LogP contribution < -0.4 is 0 Å². The van der Waals surface area contributed by atoms with Gasteiger partial charge in [-0.1, -0.05) is 26.0 Å². The lowest BCUT2D eigenvalue weighted by molar-refractivity contribution is 0.610. The van der Waals surface area contributed by atoms with Gasteiger partial charge >= 0.3 is 0 Å². The Morgan fingerprint density at radius 3 is 2.79 bits per heavy atom. The minimum atomic E-state index is 0.130. The van der Waals surface area contributed by atoms with Crippen LogP contribution in [0.3, 0.4) is 0 Å². The Hall–Kier alpha value is -0.890. The molecule has 0 fully saturated rings. The molecule has 1 nitrogen and oxygen atoms in total. The number of hydrogen-bond donors (Lipinski definition) is 2. The maximum absolute atomic E-state index is 4.41. The van der Waals surface area contributed by atoms with Gasteiger partial charge in [-0.3, -0.25) is 0 Å². The summed E-state index contributed by atoms with van der Waals surface area (Å²) in [4.78, 5) is 3.23. The summed E-state index contributed by atoms with van der Waals surface area (Å²) in [5.74, 6) is 0.858. The zero-order chi connectivity index (χ0) is 10.2. The minimum absolute atomic E-state index is 0.130. The van der Waals surface area contributed by atoms with E-state index in [1.807, 2.05) is 6.20 Å². The van der Waals surface area contributed by atoms with Gasteiger partial charge in [0.15, 0.2) is 0 Å². The summed E-state index contributed by atoms with van der Waals surface area (Å²) in [7, 11) is 0. The van der Waals surface area contributed by atoms with Crippen molar-refractivity contribution in [3.8, 4) is 0 Å². The number of benzene rings is 1. The maximum Gasteiger partial charge on any atom is 0.0456 e. The van der Waals surface area contributed by atoms with Gasteiger partial charge < -0.3 is 4.98 Å². The standard InChI is InChI=1S/C12H15NS/c1-12(2,8-14)10-4-3-5-11-9(10)6-7-13-11/h3-7,13-14H,8H2,1-2H3. The Bertz CT molecular complexity index is 442. The summed E-state index contributed by atoms with van der Waals surface area (Å²) < 4.78 is 0. The van der Waals surface area contributed by atoms with Gasteiger partial charge in [-0.05, 0) is 28.9 Å². The van der Waals surface area contributed by atoms with Gasteiger partial charge in [0.25, 0.3) is 0 Å². The highest BCUT2D eigenvalue weighted by molar-refractivity contribution is 7.80. The molecule has 0 saturated carbocycles. The molecular formula is C12H15NS. The molecule has 1 N–H and O–H groups in total. The fourth-order valence-electron chi connectivity index (χ4n) is 1.76. The third kappa shape index (κ3) is 1.44. The second kappa shape index (κ2) is 3.35. The molecule has 0 unspecified atom stereocenters. The summed E-state index contributed by atoms with van der Waals surface area (Å²) >= 11 is 4.41. The molecule has 0 bridgehead atoms. The molecule has 1 aromatic heterocycles. The van der Waals surface area contributed by atoms with Gasteiger partial charge in [-0.15, -0.1) is 0 Å². The summed E-state index contributed by atoms with van der Waals surface area (Å²) in [5.41, 5.74) is 2.70. The normalized spacial score (nSPS) is 12.2. The van der Waals surface area contributed by atoms with Crippen LogP contribution in [0.2, 0.25) is 0 Å². The van der Waals surface area contributed by atoms with Crippen LogP contribution in [0.1, 0.15) is 19.4 Å². The lowest BCUT2D eigenvalue weighted by Crippen LogP contribution is -2.19. The Morgan fingerprint density at radius 1 is 1.29 bits per heavy atom. The Morgan fingerprint density at radius 2 is 2.07 bits per heavy atom. The first-order valence-electron chi connectivity index (χ1n) is 4.82. The van der Waals surface area contributed by atoms with Crippen molar-refractivity contribution >= 4 is 23.5 Å². The van der Waals surface area contributed by atoms with Crippen LogP contribution in [0.4, 0.5) is 0 Å². The van der Waals surface area contributed by atoms with E-state index in [2.05, 4.69) is 55.7 Å². The van der Waals surface area contributed by atoms with E-state index in [9.17, 15) is 0 Å². The van der Waals surface area contributed by atoms with Gasteiger partial charge in [-0.2, -0.15) is 12.6 Å². The Balaban J connectivity index is 2.67. The highest BCUT2D eigenvalue weighted by atomic mass is 32.1. The summed E-state index contributed by atoms with van der Waals surface area (Å²) in [6.07, 6.45) is 1.99. The number of H-pyrrole nitrogens is 1. The molecule has 1 heterocycles. The van der Waals surface area contributed by atoms with Gasteiger partial charge in [0.2, 0.25) is 0 Å². The van der Waals surface area contributed by atoms with Crippen molar-refractivity contribution in [2.24, 2.45) is 0 Å². The summed E-state index contributed by atoms with van der Waals surface area (Å²) in [5, 5.41) is 1.31. The van der Waals surface area contributed by atoms with Gasteiger partial charge in [-0.25, -0.2) is 0 Å². The quantitative estimate of drug-likeness (QED) is 0.699. The van der Waals surface area contributed by atoms with Crippen LogP contribution in [-0.4, -0.2) is 10.7 Å². The van der Waals surface area contributed by atoms with Crippen molar-refractivity contribution in [1.29, 1.82) is 0 Å². The van der Waals surface area contributed by atoms with E-state index in [0.717, 1.165) is 5.75 Å². The number of aromatic amines is 1. The minimum Gasteiger partial charge on any atom is -0.361 e. The zero-order valence-electron chi connectivity index (χ0n) is 8.54. The topological polar surface area (TPSA) is 15.8 Å². The largest absolute Gasteiger partial charge is 0.361 e. The predicted molar refractivity (Wildman–Crippen MR) is 65.2 cm³/mol. The monoisotopic (exact) mass is 205 g/mol. The van der Waals surface area contributed by atoms with Crippen LogP contribution in [-0.2, 0) is 5.41 Å². The zero-order valence-corrected chi connectivity index (χ0v) is 9.44. The predicted octanol–water partition coefficient (Wildman–Crippen LogP) is 3.38. The SMILES string of the molecule is CC(C)(CS)c1cccc2[nH]ccc12. The van der Waals surface area contributed by atoms with Crippen molar-refractivity contribution < 1.29 is 0 Å². The van der Waals surface area contributed by atoms with Crippen LogP contribution in [0.15, 0.2) is 30.5 Å². The molecule has 0 aliphatic heterocycles. The van der Waals surface area contributed by atoms with Crippen molar-refractivity contribution in [3.05, 3.63) is 36.0 Å². The molecule has 2 aromatic rings. The number of aromatic nitrogens is 1. The van der Waals surface area contributed by atoms with Crippen LogP contribution >= 0.6 is 12.6 Å². The summed E-state index contributed by atoms with van der Waals surface area (Å²) in [6.45, 7) is 4.45. The van der Waals surface area contributed by atoms with Crippen LogP contribution in [0, 0.1) is 0 Å².